The van der Waals surface area contributed by atoms with Gasteiger partial charge in [-0.15, -0.1) is 0 Å². The molecule has 2 aromatic carbocycles. The normalized spacial score (nSPS) is 12.7. The van der Waals surface area contributed by atoms with Crippen molar-refractivity contribution in [2.45, 2.75) is 24.8 Å². The van der Waals surface area contributed by atoms with E-state index in [1.54, 1.807) is 24.3 Å². The number of nitrogens with two attached hydrogens (primary N) is 1. The summed E-state index contributed by atoms with van der Waals surface area (Å²) in [6.07, 6.45) is 2.62. The van der Waals surface area contributed by atoms with E-state index in [1.807, 2.05) is 6.92 Å². The summed E-state index contributed by atoms with van der Waals surface area (Å²) in [7, 11) is -4.12. The number of benzene rings is 2. The highest BCUT2D eigenvalue weighted by Gasteiger charge is 2.33. The number of anilines is 1. The Bertz CT molecular complexity index is 964. The number of carbonyl (C=O) groups is 2. The summed E-state index contributed by atoms with van der Waals surface area (Å²) in [5.74, 6) is -1.88. The van der Waals surface area contributed by atoms with Gasteiger partial charge in [0.15, 0.2) is 0 Å². The molecule has 0 aliphatic carbocycles. The minimum Gasteiger partial charge on any atom is -0.480 e. The summed E-state index contributed by atoms with van der Waals surface area (Å²) in [5.41, 5.74) is 6.79. The molecule has 7 nitrogen and oxygen atoms in total. The van der Waals surface area contributed by atoms with E-state index in [2.05, 4.69) is 0 Å². The van der Waals surface area contributed by atoms with Gasteiger partial charge in [-0.05, 0) is 49.8 Å². The molecule has 0 aliphatic rings. The van der Waals surface area contributed by atoms with Crippen molar-refractivity contribution in [2.75, 3.05) is 4.31 Å². The number of aryl methyl sites for hydroxylation is 1. The Morgan fingerprint density at radius 3 is 2.11 bits per heavy atom. The van der Waals surface area contributed by atoms with Crippen molar-refractivity contribution in [3.05, 3.63) is 65.7 Å². The number of rotatable bonds is 7. The van der Waals surface area contributed by atoms with Crippen molar-refractivity contribution in [1.82, 2.24) is 0 Å². The Morgan fingerprint density at radius 2 is 1.63 bits per heavy atom. The summed E-state index contributed by atoms with van der Waals surface area (Å²) in [6.45, 7) is 3.16. The van der Waals surface area contributed by atoms with Gasteiger partial charge in [0.25, 0.3) is 10.0 Å². The van der Waals surface area contributed by atoms with Crippen molar-refractivity contribution in [3.63, 3.8) is 0 Å². The molecule has 0 bridgehead atoms. The monoisotopic (exact) mass is 388 g/mol. The van der Waals surface area contributed by atoms with Gasteiger partial charge < -0.3 is 10.8 Å². The summed E-state index contributed by atoms with van der Waals surface area (Å²) in [6, 6.07) is 11.0. The number of nitrogens with zero attached hydrogens (tertiary/aromatic N) is 1. The predicted octanol–water partition coefficient (Wildman–Crippen LogP) is 2.16. The third-order valence-electron chi connectivity index (χ3n) is 3.87. The fraction of sp³-hybridized carbons (Fsp3) is 0.158. The molecule has 0 radical (unpaired) electrons. The molecule has 27 heavy (non-hydrogen) atoms. The fourth-order valence-corrected chi connectivity index (χ4v) is 4.02. The summed E-state index contributed by atoms with van der Waals surface area (Å²) >= 11 is 0. The average Bonchev–Trinajstić information content (AvgIpc) is 2.61. The lowest BCUT2D eigenvalue weighted by molar-refractivity contribution is -0.137. The molecule has 0 aromatic heterocycles. The van der Waals surface area contributed by atoms with Crippen LogP contribution in [0.2, 0.25) is 0 Å². The van der Waals surface area contributed by atoms with Crippen LogP contribution >= 0.6 is 0 Å². The van der Waals surface area contributed by atoms with E-state index in [9.17, 15) is 23.1 Å². The Kier molecular flexibility index (Phi) is 6.02. The van der Waals surface area contributed by atoms with E-state index in [0.717, 1.165) is 15.9 Å². The van der Waals surface area contributed by atoms with Gasteiger partial charge in [-0.3, -0.25) is 9.10 Å². The molecule has 0 spiro atoms. The fourth-order valence-electron chi connectivity index (χ4n) is 2.41. The highest BCUT2D eigenvalue weighted by molar-refractivity contribution is 7.92. The molecule has 0 aliphatic heterocycles. The van der Waals surface area contributed by atoms with Gasteiger partial charge in [0, 0.05) is 6.08 Å². The number of amides is 1. The molecule has 1 unspecified atom stereocenters. The molecule has 2 rings (SSSR count). The molecule has 0 fully saturated rings. The molecule has 0 saturated carbocycles. The van der Waals surface area contributed by atoms with E-state index >= 15 is 0 Å². The topological polar surface area (TPSA) is 118 Å². The van der Waals surface area contributed by atoms with Gasteiger partial charge in [0.2, 0.25) is 5.91 Å². The maximum atomic E-state index is 13.1. The molecule has 2 aromatic rings. The molecular weight excluding hydrogens is 368 g/mol. The van der Waals surface area contributed by atoms with Crippen LogP contribution in [0.15, 0.2) is 59.5 Å². The zero-order chi connectivity index (χ0) is 20.2. The molecule has 3 N–H and O–H groups in total. The van der Waals surface area contributed by atoms with Crippen LogP contribution in [-0.4, -0.2) is 31.4 Å². The summed E-state index contributed by atoms with van der Waals surface area (Å²) in [5, 5.41) is 9.39. The number of carboxylic acids is 1. The number of sulfonamides is 1. The maximum Gasteiger partial charge on any atom is 0.327 e. The smallest absolute Gasteiger partial charge is 0.327 e. The van der Waals surface area contributed by atoms with Crippen molar-refractivity contribution in [2.24, 2.45) is 5.73 Å². The van der Waals surface area contributed by atoms with Crippen molar-refractivity contribution in [3.8, 4) is 0 Å². The quantitative estimate of drug-likeness (QED) is 0.705. The van der Waals surface area contributed by atoms with Crippen LogP contribution in [0, 0.1) is 6.92 Å². The lowest BCUT2D eigenvalue weighted by Crippen LogP contribution is -2.43. The number of hydrogen-bond donors (Lipinski definition) is 2. The summed E-state index contributed by atoms with van der Waals surface area (Å²) in [4.78, 5) is 22.2. The second-order valence-corrected chi connectivity index (χ2v) is 7.77. The van der Waals surface area contributed by atoms with E-state index in [0.29, 0.717) is 5.56 Å². The van der Waals surface area contributed by atoms with Crippen LogP contribution in [-0.2, 0) is 19.6 Å². The Balaban J connectivity index is 2.48. The number of aliphatic carboxylic acids is 1. The standard InChI is InChI=1S/C19H20N2O5S/c1-13-3-8-16(9-4-13)21(14(2)19(23)24)27(25,26)17-10-5-15(6-11-17)7-12-18(20)22/h3-12,14H,1-2H3,(H2,20,22)(H,23,24). The molecular formula is C19H20N2O5S. The first-order valence-electron chi connectivity index (χ1n) is 8.04. The minimum absolute atomic E-state index is 0.0626. The number of primary amides is 1. The SMILES string of the molecule is Cc1ccc(N(C(C)C(=O)O)S(=O)(=O)c2ccc(C=CC(N)=O)cc2)cc1. The van der Waals surface area contributed by atoms with Crippen LogP contribution in [0.4, 0.5) is 5.69 Å². The Morgan fingerprint density at radius 1 is 1.07 bits per heavy atom. The lowest BCUT2D eigenvalue weighted by Gasteiger charge is -2.28. The number of carboxylic acid groups (broad SMARTS) is 1. The predicted molar refractivity (Wildman–Crippen MR) is 103 cm³/mol. The highest BCUT2D eigenvalue weighted by atomic mass is 32.2. The zero-order valence-electron chi connectivity index (χ0n) is 14.9. The Labute approximate surface area is 157 Å². The van der Waals surface area contributed by atoms with E-state index < -0.39 is 27.9 Å². The van der Waals surface area contributed by atoms with Gasteiger partial charge in [-0.2, -0.15) is 0 Å². The van der Waals surface area contributed by atoms with Crippen molar-refractivity contribution >= 4 is 33.7 Å². The van der Waals surface area contributed by atoms with Gasteiger partial charge in [-0.1, -0.05) is 29.8 Å². The molecule has 142 valence electrons. The van der Waals surface area contributed by atoms with Crippen LogP contribution < -0.4 is 10.0 Å². The zero-order valence-corrected chi connectivity index (χ0v) is 15.7. The van der Waals surface area contributed by atoms with Crippen molar-refractivity contribution in [1.29, 1.82) is 0 Å². The largest absolute Gasteiger partial charge is 0.480 e. The van der Waals surface area contributed by atoms with E-state index in [1.165, 1.54) is 37.3 Å². The maximum absolute atomic E-state index is 13.1. The van der Waals surface area contributed by atoms with Gasteiger partial charge >= 0.3 is 5.97 Å². The van der Waals surface area contributed by atoms with Gasteiger partial charge in [-0.25, -0.2) is 13.2 Å². The second-order valence-electron chi connectivity index (χ2n) is 5.96. The highest BCUT2D eigenvalue weighted by Crippen LogP contribution is 2.27. The first-order valence-corrected chi connectivity index (χ1v) is 9.48. The first kappa shape index (κ1) is 20.2. The molecule has 0 saturated heterocycles. The minimum atomic E-state index is -4.12. The third kappa shape index (κ3) is 4.73. The first-order chi connectivity index (χ1) is 12.6. The number of hydrogen-bond acceptors (Lipinski definition) is 4. The van der Waals surface area contributed by atoms with Crippen LogP contribution in [0.3, 0.4) is 0 Å². The van der Waals surface area contributed by atoms with Crippen LogP contribution in [0.1, 0.15) is 18.1 Å². The third-order valence-corrected chi connectivity index (χ3v) is 5.79. The summed E-state index contributed by atoms with van der Waals surface area (Å²) < 4.78 is 27.1. The average molecular weight is 388 g/mol. The van der Waals surface area contributed by atoms with Gasteiger partial charge in [0.1, 0.15) is 6.04 Å². The van der Waals surface area contributed by atoms with E-state index in [-0.39, 0.29) is 10.6 Å². The lowest BCUT2D eigenvalue weighted by atomic mass is 10.2. The van der Waals surface area contributed by atoms with Crippen molar-refractivity contribution < 1.29 is 23.1 Å². The van der Waals surface area contributed by atoms with E-state index in [4.69, 9.17) is 5.73 Å². The second kappa shape index (κ2) is 8.05. The van der Waals surface area contributed by atoms with Gasteiger partial charge in [0.05, 0.1) is 10.6 Å². The Hall–Kier alpha value is -3.13. The molecule has 8 heteroatoms. The molecule has 1 atom stereocenters. The van der Waals surface area contributed by atoms with Crippen LogP contribution in [0.5, 0.6) is 0 Å². The van der Waals surface area contributed by atoms with Crippen LogP contribution in [0.25, 0.3) is 6.08 Å². The molecule has 0 heterocycles. The molecule has 1 amide bonds. The number of carbonyl (C=O) groups excluding carboxylic acids is 1.